The van der Waals surface area contributed by atoms with Gasteiger partial charge < -0.3 is 9.88 Å². The summed E-state index contributed by atoms with van der Waals surface area (Å²) in [5.41, 5.74) is 3.34. The van der Waals surface area contributed by atoms with Gasteiger partial charge in [0, 0.05) is 18.6 Å². The molecule has 6 heteroatoms. The summed E-state index contributed by atoms with van der Waals surface area (Å²) in [6, 6.07) is 17.5. The predicted octanol–water partition coefficient (Wildman–Crippen LogP) is 3.30. The van der Waals surface area contributed by atoms with E-state index in [4.69, 9.17) is 0 Å². The van der Waals surface area contributed by atoms with Gasteiger partial charge in [0.25, 0.3) is 5.91 Å². The number of carbonyl (C=O) groups excluding carboxylic acids is 1. The lowest BCUT2D eigenvalue weighted by molar-refractivity contribution is 0.0950. The van der Waals surface area contributed by atoms with Gasteiger partial charge in [-0.2, -0.15) is 5.10 Å². The molecule has 134 valence electrons. The zero-order chi connectivity index (χ0) is 18.6. The molecule has 0 aliphatic rings. The monoisotopic (exact) mass is 357 g/mol. The number of nitrogens with one attached hydrogen (secondary N) is 1. The third kappa shape index (κ3) is 3.50. The molecule has 0 aliphatic carbocycles. The van der Waals surface area contributed by atoms with Gasteiger partial charge in [0.2, 0.25) is 0 Å². The Morgan fingerprint density at radius 3 is 2.67 bits per heavy atom. The van der Waals surface area contributed by atoms with Crippen LogP contribution in [0.1, 0.15) is 21.6 Å². The summed E-state index contributed by atoms with van der Waals surface area (Å²) in [6.07, 6.45) is 7.12. The first kappa shape index (κ1) is 16.8. The summed E-state index contributed by atoms with van der Waals surface area (Å²) >= 11 is 0. The number of nitrogens with zero attached hydrogens (tertiary/aromatic N) is 4. The van der Waals surface area contributed by atoms with Crippen LogP contribution in [0.3, 0.4) is 0 Å². The maximum Gasteiger partial charge on any atom is 0.257 e. The standard InChI is InChI=1S/C21H19N5O/c1-16-7-6-9-18(13-16)26-21(25-11-4-5-12-25)19(15-24-26)20(27)23-14-17-8-2-3-10-22-17/h2-13,15H,14H2,1H3,(H,23,27). The number of pyridine rings is 1. The second-order valence-electron chi connectivity index (χ2n) is 6.23. The summed E-state index contributed by atoms with van der Waals surface area (Å²) in [5, 5.41) is 7.40. The van der Waals surface area contributed by atoms with E-state index in [-0.39, 0.29) is 5.91 Å². The van der Waals surface area contributed by atoms with Crippen molar-refractivity contribution in [2.24, 2.45) is 0 Å². The number of aryl methyl sites for hydroxylation is 1. The highest BCUT2D eigenvalue weighted by molar-refractivity contribution is 5.97. The van der Waals surface area contributed by atoms with Crippen molar-refractivity contribution in [3.63, 3.8) is 0 Å². The third-order valence-corrected chi connectivity index (χ3v) is 4.24. The van der Waals surface area contributed by atoms with E-state index in [1.807, 2.05) is 78.5 Å². The molecule has 6 nitrogen and oxygen atoms in total. The molecule has 0 saturated carbocycles. The van der Waals surface area contributed by atoms with Gasteiger partial charge in [0.1, 0.15) is 5.56 Å². The van der Waals surface area contributed by atoms with E-state index in [0.717, 1.165) is 16.9 Å². The van der Waals surface area contributed by atoms with Crippen LogP contribution in [0.4, 0.5) is 0 Å². The van der Waals surface area contributed by atoms with Gasteiger partial charge in [-0.05, 0) is 48.9 Å². The Hall–Kier alpha value is -3.67. The van der Waals surface area contributed by atoms with Crippen molar-refractivity contribution >= 4 is 5.91 Å². The van der Waals surface area contributed by atoms with E-state index in [1.165, 1.54) is 0 Å². The number of hydrogen-bond donors (Lipinski definition) is 1. The fourth-order valence-corrected chi connectivity index (χ4v) is 2.94. The van der Waals surface area contributed by atoms with Crippen LogP contribution in [0.2, 0.25) is 0 Å². The fourth-order valence-electron chi connectivity index (χ4n) is 2.94. The van der Waals surface area contributed by atoms with Crippen LogP contribution in [0, 0.1) is 6.92 Å². The van der Waals surface area contributed by atoms with E-state index in [1.54, 1.807) is 17.1 Å². The summed E-state index contributed by atoms with van der Waals surface area (Å²) < 4.78 is 3.67. The molecular weight excluding hydrogens is 338 g/mol. The van der Waals surface area contributed by atoms with Crippen molar-refractivity contribution in [2.75, 3.05) is 0 Å². The highest BCUT2D eigenvalue weighted by atomic mass is 16.1. The molecule has 0 unspecified atom stereocenters. The molecule has 4 rings (SSSR count). The van der Waals surface area contributed by atoms with Crippen molar-refractivity contribution in [2.45, 2.75) is 13.5 Å². The largest absolute Gasteiger partial charge is 0.346 e. The average molecular weight is 357 g/mol. The van der Waals surface area contributed by atoms with Gasteiger partial charge >= 0.3 is 0 Å². The predicted molar refractivity (Wildman–Crippen MR) is 103 cm³/mol. The Bertz CT molecular complexity index is 1050. The molecule has 0 spiro atoms. The molecule has 1 aromatic carbocycles. The quantitative estimate of drug-likeness (QED) is 0.596. The van der Waals surface area contributed by atoms with Gasteiger partial charge in [0.05, 0.1) is 24.1 Å². The van der Waals surface area contributed by atoms with Crippen molar-refractivity contribution < 1.29 is 4.79 Å². The van der Waals surface area contributed by atoms with Crippen molar-refractivity contribution in [3.8, 4) is 11.5 Å². The lowest BCUT2D eigenvalue weighted by atomic mass is 10.2. The molecule has 3 aromatic heterocycles. The molecule has 0 bridgehead atoms. The molecule has 27 heavy (non-hydrogen) atoms. The number of hydrogen-bond acceptors (Lipinski definition) is 3. The summed E-state index contributed by atoms with van der Waals surface area (Å²) in [7, 11) is 0. The molecule has 0 radical (unpaired) electrons. The summed E-state index contributed by atoms with van der Waals surface area (Å²) in [6.45, 7) is 2.39. The third-order valence-electron chi connectivity index (χ3n) is 4.24. The first-order valence-corrected chi connectivity index (χ1v) is 8.69. The molecule has 0 aliphatic heterocycles. The van der Waals surface area contributed by atoms with Crippen molar-refractivity contribution in [1.29, 1.82) is 0 Å². The Balaban J connectivity index is 1.69. The summed E-state index contributed by atoms with van der Waals surface area (Å²) in [5.74, 6) is 0.507. The average Bonchev–Trinajstić information content (AvgIpc) is 3.36. The van der Waals surface area contributed by atoms with E-state index in [9.17, 15) is 4.79 Å². The van der Waals surface area contributed by atoms with E-state index in [2.05, 4.69) is 15.4 Å². The van der Waals surface area contributed by atoms with E-state index in [0.29, 0.717) is 17.9 Å². The molecule has 1 N–H and O–H groups in total. The van der Waals surface area contributed by atoms with Crippen LogP contribution in [0.15, 0.2) is 79.4 Å². The van der Waals surface area contributed by atoms with Gasteiger partial charge in [-0.3, -0.25) is 9.78 Å². The van der Waals surface area contributed by atoms with Gasteiger partial charge in [-0.1, -0.05) is 18.2 Å². The van der Waals surface area contributed by atoms with Crippen LogP contribution in [0.5, 0.6) is 0 Å². The second kappa shape index (κ2) is 7.29. The zero-order valence-electron chi connectivity index (χ0n) is 14.9. The Morgan fingerprint density at radius 1 is 1.07 bits per heavy atom. The Morgan fingerprint density at radius 2 is 1.93 bits per heavy atom. The molecule has 0 saturated heterocycles. The van der Waals surface area contributed by atoms with E-state index >= 15 is 0 Å². The number of aromatic nitrogens is 4. The molecule has 1 amide bonds. The maximum absolute atomic E-state index is 12.8. The number of rotatable bonds is 5. The minimum Gasteiger partial charge on any atom is -0.346 e. The van der Waals surface area contributed by atoms with Crippen LogP contribution in [0.25, 0.3) is 11.5 Å². The fraction of sp³-hybridized carbons (Fsp3) is 0.0952. The molecule has 3 heterocycles. The van der Waals surface area contributed by atoms with Crippen LogP contribution < -0.4 is 5.32 Å². The van der Waals surface area contributed by atoms with Gasteiger partial charge in [0.15, 0.2) is 5.82 Å². The maximum atomic E-state index is 12.8. The van der Waals surface area contributed by atoms with Crippen LogP contribution >= 0.6 is 0 Å². The Kier molecular flexibility index (Phi) is 4.53. The minimum absolute atomic E-state index is 0.191. The zero-order valence-corrected chi connectivity index (χ0v) is 14.9. The topological polar surface area (TPSA) is 64.7 Å². The SMILES string of the molecule is Cc1cccc(-n2ncc(C(=O)NCc3ccccn3)c2-n2cccc2)c1. The second-order valence-corrected chi connectivity index (χ2v) is 6.23. The van der Waals surface area contributed by atoms with Crippen molar-refractivity contribution in [3.05, 3.63) is 96.2 Å². The minimum atomic E-state index is -0.191. The molecule has 0 fully saturated rings. The van der Waals surface area contributed by atoms with E-state index < -0.39 is 0 Å². The highest BCUT2D eigenvalue weighted by Crippen LogP contribution is 2.20. The molecular formula is C21H19N5O. The van der Waals surface area contributed by atoms with Gasteiger partial charge in [-0.25, -0.2) is 4.68 Å². The number of benzene rings is 1. The molecule has 0 atom stereocenters. The first-order valence-electron chi connectivity index (χ1n) is 8.69. The lowest BCUT2D eigenvalue weighted by Gasteiger charge is -2.11. The lowest BCUT2D eigenvalue weighted by Crippen LogP contribution is -2.24. The van der Waals surface area contributed by atoms with Crippen LogP contribution in [-0.2, 0) is 6.54 Å². The summed E-state index contributed by atoms with van der Waals surface area (Å²) in [4.78, 5) is 17.1. The number of amides is 1. The Labute approximate surface area is 157 Å². The first-order chi connectivity index (χ1) is 13.2. The van der Waals surface area contributed by atoms with Crippen LogP contribution in [-0.4, -0.2) is 25.2 Å². The molecule has 4 aromatic rings. The van der Waals surface area contributed by atoms with Gasteiger partial charge in [-0.15, -0.1) is 0 Å². The normalized spacial score (nSPS) is 10.7. The van der Waals surface area contributed by atoms with Crippen molar-refractivity contribution in [1.82, 2.24) is 24.6 Å². The number of carbonyl (C=O) groups is 1. The smallest absolute Gasteiger partial charge is 0.257 e. The highest BCUT2D eigenvalue weighted by Gasteiger charge is 2.19.